The molecule has 2 N–H and O–H groups in total. The van der Waals surface area contributed by atoms with Gasteiger partial charge in [0.05, 0.1) is 5.69 Å². The lowest BCUT2D eigenvalue weighted by atomic mass is 10.1. The van der Waals surface area contributed by atoms with Crippen LogP contribution in [0.3, 0.4) is 0 Å². The topological polar surface area (TPSA) is 108 Å². The molecular formula is C16H11N5O3S. The molecule has 0 fully saturated rings. The molecule has 0 spiro atoms. The van der Waals surface area contributed by atoms with Gasteiger partial charge in [-0.15, -0.1) is 10.3 Å². The predicted molar refractivity (Wildman–Crippen MR) is 90.1 cm³/mol. The van der Waals surface area contributed by atoms with Crippen molar-refractivity contribution in [2.75, 3.05) is 5.23 Å². The first-order valence-corrected chi connectivity index (χ1v) is 8.04. The molecule has 0 unspecified atom stereocenters. The monoisotopic (exact) mass is 353 g/mol. The van der Waals surface area contributed by atoms with Crippen molar-refractivity contribution in [3.63, 3.8) is 0 Å². The van der Waals surface area contributed by atoms with Crippen LogP contribution in [0.4, 0.5) is 5.69 Å². The molecule has 0 aliphatic heterocycles. The highest BCUT2D eigenvalue weighted by atomic mass is 32.1. The molecule has 8 nitrogen and oxygen atoms in total. The second-order valence-corrected chi connectivity index (χ2v) is 5.74. The van der Waals surface area contributed by atoms with Crippen LogP contribution in [-0.2, 0) is 0 Å². The maximum atomic E-state index is 8.96. The van der Waals surface area contributed by atoms with E-state index in [0.717, 1.165) is 16.8 Å². The summed E-state index contributed by atoms with van der Waals surface area (Å²) in [5, 5.41) is 27.9. The van der Waals surface area contributed by atoms with Gasteiger partial charge in [0.25, 0.3) is 5.89 Å². The summed E-state index contributed by atoms with van der Waals surface area (Å²) in [6, 6.07) is 14.0. The third-order valence-electron chi connectivity index (χ3n) is 3.57. The van der Waals surface area contributed by atoms with Crippen molar-refractivity contribution in [2.24, 2.45) is 0 Å². The van der Waals surface area contributed by atoms with Gasteiger partial charge in [-0.25, -0.2) is 0 Å². The van der Waals surface area contributed by atoms with Crippen LogP contribution in [0.25, 0.3) is 34.1 Å². The Hall–Kier alpha value is -3.14. The quantitative estimate of drug-likeness (QED) is 0.537. The Morgan fingerprint density at radius 1 is 0.880 bits per heavy atom. The minimum atomic E-state index is 0.0441. The first kappa shape index (κ1) is 15.4. The second-order valence-electron chi connectivity index (χ2n) is 5.13. The molecular weight excluding hydrogens is 342 g/mol. The molecule has 2 aromatic carbocycles. The Balaban J connectivity index is 1.58. The SMILES string of the molecule is ON(O)c1ccc(-c2nc(-c3ccc(-c4csnn4)cc3)no2)cc1. The van der Waals surface area contributed by atoms with Crippen LogP contribution < -0.4 is 5.23 Å². The van der Waals surface area contributed by atoms with Gasteiger partial charge in [0, 0.05) is 22.1 Å². The summed E-state index contributed by atoms with van der Waals surface area (Å²) in [5.41, 5.74) is 3.52. The van der Waals surface area contributed by atoms with Crippen LogP contribution >= 0.6 is 11.5 Å². The first-order valence-electron chi connectivity index (χ1n) is 7.20. The lowest BCUT2D eigenvalue weighted by molar-refractivity contribution is 0.0291. The van der Waals surface area contributed by atoms with Gasteiger partial charge < -0.3 is 4.52 Å². The zero-order valence-corrected chi connectivity index (χ0v) is 13.5. The van der Waals surface area contributed by atoms with Gasteiger partial charge in [-0.2, -0.15) is 4.98 Å². The number of rotatable bonds is 4. The van der Waals surface area contributed by atoms with E-state index in [-0.39, 0.29) is 10.9 Å². The van der Waals surface area contributed by atoms with Crippen LogP contribution in [0, 0.1) is 0 Å². The van der Waals surface area contributed by atoms with Crippen molar-refractivity contribution >= 4 is 17.2 Å². The summed E-state index contributed by atoms with van der Waals surface area (Å²) >= 11 is 1.30. The van der Waals surface area contributed by atoms with E-state index in [9.17, 15) is 0 Å². The predicted octanol–water partition coefficient (Wildman–Crippen LogP) is 3.51. The van der Waals surface area contributed by atoms with Crippen LogP contribution in [0.5, 0.6) is 0 Å². The van der Waals surface area contributed by atoms with Gasteiger partial charge in [-0.05, 0) is 35.8 Å². The normalized spacial score (nSPS) is 10.8. The molecule has 2 aromatic heterocycles. The molecule has 0 atom stereocenters. The fourth-order valence-electron chi connectivity index (χ4n) is 2.28. The second kappa shape index (κ2) is 6.40. The van der Waals surface area contributed by atoms with E-state index in [1.54, 1.807) is 12.1 Å². The molecule has 9 heteroatoms. The summed E-state index contributed by atoms with van der Waals surface area (Å²) in [7, 11) is 0. The first-order chi connectivity index (χ1) is 12.2. The van der Waals surface area contributed by atoms with Crippen LogP contribution in [0.2, 0.25) is 0 Å². The average Bonchev–Trinajstić information content (AvgIpc) is 3.34. The fourth-order valence-corrected chi connectivity index (χ4v) is 2.74. The van der Waals surface area contributed by atoms with Gasteiger partial charge in [-0.3, -0.25) is 10.4 Å². The number of anilines is 1. The average molecular weight is 353 g/mol. The Labute approximate surface area is 145 Å². The number of nitrogens with zero attached hydrogens (tertiary/aromatic N) is 5. The van der Waals surface area contributed by atoms with Crippen molar-refractivity contribution in [3.8, 4) is 34.1 Å². The lowest BCUT2D eigenvalue weighted by Crippen LogP contribution is -2.10. The van der Waals surface area contributed by atoms with Crippen molar-refractivity contribution in [1.29, 1.82) is 0 Å². The van der Waals surface area contributed by atoms with Crippen molar-refractivity contribution in [2.45, 2.75) is 0 Å². The molecule has 0 saturated heterocycles. The van der Waals surface area contributed by atoms with E-state index < -0.39 is 0 Å². The van der Waals surface area contributed by atoms with E-state index in [2.05, 4.69) is 19.7 Å². The van der Waals surface area contributed by atoms with E-state index in [0.29, 0.717) is 17.3 Å². The molecule has 0 amide bonds. The Morgan fingerprint density at radius 3 is 2.20 bits per heavy atom. The van der Waals surface area contributed by atoms with Crippen molar-refractivity contribution < 1.29 is 14.9 Å². The maximum Gasteiger partial charge on any atom is 0.258 e. The molecule has 0 saturated carbocycles. The van der Waals surface area contributed by atoms with E-state index in [1.807, 2.05) is 29.6 Å². The van der Waals surface area contributed by atoms with Crippen LogP contribution in [0.1, 0.15) is 0 Å². The van der Waals surface area contributed by atoms with Gasteiger partial charge >= 0.3 is 0 Å². The molecule has 4 aromatic rings. The zero-order valence-electron chi connectivity index (χ0n) is 12.6. The third kappa shape index (κ3) is 3.11. The summed E-state index contributed by atoms with van der Waals surface area (Å²) in [6.45, 7) is 0. The highest BCUT2D eigenvalue weighted by molar-refractivity contribution is 7.03. The van der Waals surface area contributed by atoms with Gasteiger partial charge in [-0.1, -0.05) is 33.9 Å². The number of benzene rings is 2. The van der Waals surface area contributed by atoms with Gasteiger partial charge in [0.1, 0.15) is 5.69 Å². The van der Waals surface area contributed by atoms with Crippen molar-refractivity contribution in [3.05, 3.63) is 53.9 Å². The molecule has 0 radical (unpaired) electrons. The minimum Gasteiger partial charge on any atom is -0.334 e. The third-order valence-corrected chi connectivity index (χ3v) is 4.07. The molecule has 0 bridgehead atoms. The van der Waals surface area contributed by atoms with Crippen molar-refractivity contribution in [1.82, 2.24) is 19.7 Å². The Bertz CT molecular complexity index is 966. The summed E-state index contributed by atoms with van der Waals surface area (Å²) in [4.78, 5) is 4.38. The van der Waals surface area contributed by atoms with Crippen LogP contribution in [-0.4, -0.2) is 30.1 Å². The van der Waals surface area contributed by atoms with E-state index in [1.165, 1.54) is 23.7 Å². The zero-order chi connectivity index (χ0) is 17.2. The molecule has 0 aliphatic rings. The van der Waals surface area contributed by atoms with Gasteiger partial charge in [0.15, 0.2) is 0 Å². The highest BCUT2D eigenvalue weighted by Gasteiger charge is 2.12. The maximum absolute atomic E-state index is 8.96. The molecule has 4 rings (SSSR count). The number of hydrogen-bond donors (Lipinski definition) is 2. The lowest BCUT2D eigenvalue weighted by Gasteiger charge is -2.06. The fraction of sp³-hybridized carbons (Fsp3) is 0. The molecule has 0 aliphatic carbocycles. The molecule has 124 valence electrons. The smallest absolute Gasteiger partial charge is 0.258 e. The summed E-state index contributed by atoms with van der Waals surface area (Å²) in [5.74, 6) is 0.810. The number of aromatic nitrogens is 4. The highest BCUT2D eigenvalue weighted by Crippen LogP contribution is 2.26. The van der Waals surface area contributed by atoms with Gasteiger partial charge in [0.2, 0.25) is 5.82 Å². The van der Waals surface area contributed by atoms with Crippen LogP contribution in [0.15, 0.2) is 58.4 Å². The number of hydrogen-bond acceptors (Lipinski definition) is 9. The van der Waals surface area contributed by atoms with E-state index in [4.69, 9.17) is 14.9 Å². The van der Waals surface area contributed by atoms with E-state index >= 15 is 0 Å². The molecule has 25 heavy (non-hydrogen) atoms. The standard InChI is InChI=1S/C16H11N5O3S/c22-21(23)13-7-5-12(6-8-13)16-17-15(19-24-16)11-3-1-10(2-4-11)14-9-25-20-18-14/h1-9,22-23H. The summed E-state index contributed by atoms with van der Waals surface area (Å²) < 4.78 is 9.14. The largest absolute Gasteiger partial charge is 0.334 e. The minimum absolute atomic E-state index is 0.0441. The summed E-state index contributed by atoms with van der Waals surface area (Å²) in [6.07, 6.45) is 0. The Morgan fingerprint density at radius 2 is 1.56 bits per heavy atom. The Kier molecular flexibility index (Phi) is 3.94. The molecule has 2 heterocycles.